The zero-order valence-corrected chi connectivity index (χ0v) is 9.30. The largest absolute Gasteiger partial charge is 0.478 e. The van der Waals surface area contributed by atoms with Gasteiger partial charge in [0.15, 0.2) is 0 Å². The van der Waals surface area contributed by atoms with Gasteiger partial charge in [-0.3, -0.25) is 9.78 Å². The predicted octanol–water partition coefficient (Wildman–Crippen LogP) is 0.921. The molecule has 5 heteroatoms. The summed E-state index contributed by atoms with van der Waals surface area (Å²) in [5.74, 6) is 0.621. The summed E-state index contributed by atoms with van der Waals surface area (Å²) in [6, 6.07) is 2.35. The van der Waals surface area contributed by atoms with E-state index in [1.54, 1.807) is 0 Å². The second kappa shape index (κ2) is 5.66. The number of carbonyl (C=O) groups excluding carboxylic acids is 1. The molecule has 88 valence electrons. The van der Waals surface area contributed by atoms with Crippen molar-refractivity contribution in [2.75, 3.05) is 0 Å². The number of carboxylic acid groups (broad SMARTS) is 1. The van der Waals surface area contributed by atoms with Crippen LogP contribution in [-0.2, 0) is 0 Å². The van der Waals surface area contributed by atoms with Crippen LogP contribution in [0.5, 0.6) is 0 Å². The van der Waals surface area contributed by atoms with Gasteiger partial charge in [-0.25, -0.2) is 4.79 Å². The summed E-state index contributed by atoms with van der Waals surface area (Å²) in [5.41, 5.74) is -0.273. The van der Waals surface area contributed by atoms with E-state index in [4.69, 9.17) is 11.5 Å². The number of amides is 1. The molecule has 0 aliphatic carbocycles. The predicted molar refractivity (Wildman–Crippen MR) is 61.6 cm³/mol. The molecule has 0 spiro atoms. The van der Waals surface area contributed by atoms with Crippen LogP contribution in [-0.4, -0.2) is 28.0 Å². The first-order valence-corrected chi connectivity index (χ1v) is 5.05. The molecule has 0 aliphatic heterocycles. The third-order valence-electron chi connectivity index (χ3n) is 2.17. The second-order valence-electron chi connectivity index (χ2n) is 3.31. The Morgan fingerprint density at radius 2 is 2.35 bits per heavy atom. The highest BCUT2D eigenvalue weighted by molar-refractivity contribution is 6.03. The standard InChI is InChI=1S/C12H12N2O3/c1-3-8(4-2)14-11(15)10-9(12(16)17)6-5-7-13-10/h1,5-8H,4H2,2H3,(H,14,15)(H,16,17). The Hall–Kier alpha value is -2.35. The molecule has 1 rings (SSSR count). The van der Waals surface area contributed by atoms with Gasteiger partial charge in [0.25, 0.3) is 5.91 Å². The summed E-state index contributed by atoms with van der Waals surface area (Å²) < 4.78 is 0. The molecule has 1 unspecified atom stereocenters. The van der Waals surface area contributed by atoms with Crippen molar-refractivity contribution in [1.82, 2.24) is 10.3 Å². The lowest BCUT2D eigenvalue weighted by Gasteiger charge is -2.11. The lowest BCUT2D eigenvalue weighted by atomic mass is 10.1. The number of nitrogens with zero attached hydrogens (tertiary/aromatic N) is 1. The minimum Gasteiger partial charge on any atom is -0.478 e. The van der Waals surface area contributed by atoms with Crippen molar-refractivity contribution >= 4 is 11.9 Å². The normalized spacial score (nSPS) is 11.3. The zero-order valence-electron chi connectivity index (χ0n) is 9.30. The van der Waals surface area contributed by atoms with Crippen LogP contribution in [0.2, 0.25) is 0 Å². The first-order chi connectivity index (χ1) is 8.10. The molecule has 0 aromatic carbocycles. The minimum absolute atomic E-state index is 0.131. The van der Waals surface area contributed by atoms with E-state index in [1.165, 1.54) is 18.3 Å². The molecule has 0 saturated carbocycles. The number of hydrogen-bond acceptors (Lipinski definition) is 3. The van der Waals surface area contributed by atoms with Crippen molar-refractivity contribution in [1.29, 1.82) is 0 Å². The van der Waals surface area contributed by atoms with E-state index in [9.17, 15) is 9.59 Å². The van der Waals surface area contributed by atoms with Crippen molar-refractivity contribution in [3.63, 3.8) is 0 Å². The molecule has 1 atom stereocenters. The highest BCUT2D eigenvalue weighted by Gasteiger charge is 2.18. The zero-order chi connectivity index (χ0) is 12.8. The van der Waals surface area contributed by atoms with E-state index >= 15 is 0 Å². The molecule has 0 saturated heterocycles. The fourth-order valence-corrected chi connectivity index (χ4v) is 1.25. The summed E-state index contributed by atoms with van der Waals surface area (Å²) in [6.45, 7) is 1.82. The molecule has 1 aromatic heterocycles. The maximum absolute atomic E-state index is 11.8. The third-order valence-corrected chi connectivity index (χ3v) is 2.17. The van der Waals surface area contributed by atoms with Crippen LogP contribution in [0.4, 0.5) is 0 Å². The van der Waals surface area contributed by atoms with Gasteiger partial charge >= 0.3 is 5.97 Å². The van der Waals surface area contributed by atoms with Crippen molar-refractivity contribution < 1.29 is 14.7 Å². The van der Waals surface area contributed by atoms with E-state index in [-0.39, 0.29) is 11.3 Å². The molecule has 1 aromatic rings. The van der Waals surface area contributed by atoms with E-state index in [0.29, 0.717) is 6.42 Å². The number of nitrogens with one attached hydrogen (secondary N) is 1. The van der Waals surface area contributed by atoms with E-state index in [2.05, 4.69) is 16.2 Å². The fraction of sp³-hybridized carbons (Fsp3) is 0.250. The van der Waals surface area contributed by atoms with E-state index < -0.39 is 17.9 Å². The molecule has 0 aliphatic rings. The lowest BCUT2D eigenvalue weighted by molar-refractivity contribution is 0.0689. The summed E-state index contributed by atoms with van der Waals surface area (Å²) >= 11 is 0. The van der Waals surface area contributed by atoms with Gasteiger partial charge in [-0.15, -0.1) is 6.42 Å². The van der Waals surface area contributed by atoms with Crippen LogP contribution >= 0.6 is 0 Å². The topological polar surface area (TPSA) is 79.3 Å². The fourth-order valence-electron chi connectivity index (χ4n) is 1.25. The smallest absolute Gasteiger partial charge is 0.338 e. The SMILES string of the molecule is C#CC(CC)NC(=O)c1ncccc1C(=O)O. The van der Waals surface area contributed by atoms with Gasteiger partial charge in [0.1, 0.15) is 5.69 Å². The quantitative estimate of drug-likeness (QED) is 0.756. The van der Waals surface area contributed by atoms with Gasteiger partial charge in [0, 0.05) is 6.20 Å². The average Bonchev–Trinajstić information content (AvgIpc) is 2.35. The third kappa shape index (κ3) is 3.05. The Morgan fingerprint density at radius 3 is 2.88 bits per heavy atom. The van der Waals surface area contributed by atoms with Gasteiger partial charge in [0.05, 0.1) is 11.6 Å². The number of rotatable bonds is 4. The number of terminal acetylenes is 1. The van der Waals surface area contributed by atoms with E-state index in [0.717, 1.165) is 0 Å². The maximum atomic E-state index is 11.8. The molecule has 1 heterocycles. The van der Waals surface area contributed by atoms with Crippen molar-refractivity contribution in [2.45, 2.75) is 19.4 Å². The Kier molecular flexibility index (Phi) is 4.23. The van der Waals surface area contributed by atoms with Crippen LogP contribution < -0.4 is 5.32 Å². The van der Waals surface area contributed by atoms with Crippen LogP contribution in [0.1, 0.15) is 34.2 Å². The monoisotopic (exact) mass is 232 g/mol. The number of pyridine rings is 1. The molecular weight excluding hydrogens is 220 g/mol. The number of aromatic nitrogens is 1. The van der Waals surface area contributed by atoms with Gasteiger partial charge in [-0.1, -0.05) is 12.8 Å². The van der Waals surface area contributed by atoms with Crippen LogP contribution in [0.15, 0.2) is 18.3 Å². The molecule has 17 heavy (non-hydrogen) atoms. The first-order valence-electron chi connectivity index (χ1n) is 5.05. The Bertz CT molecular complexity index is 477. The molecule has 1 amide bonds. The second-order valence-corrected chi connectivity index (χ2v) is 3.31. The van der Waals surface area contributed by atoms with Gasteiger partial charge in [0.2, 0.25) is 0 Å². The van der Waals surface area contributed by atoms with Gasteiger partial charge in [-0.2, -0.15) is 0 Å². The molecule has 5 nitrogen and oxygen atoms in total. The Morgan fingerprint density at radius 1 is 1.65 bits per heavy atom. The van der Waals surface area contributed by atoms with Gasteiger partial charge in [-0.05, 0) is 18.6 Å². The summed E-state index contributed by atoms with van der Waals surface area (Å²) in [4.78, 5) is 26.4. The number of carbonyl (C=O) groups is 2. The average molecular weight is 232 g/mol. The summed E-state index contributed by atoms with van der Waals surface area (Å²) in [5, 5.41) is 11.4. The summed E-state index contributed by atoms with van der Waals surface area (Å²) in [6.07, 6.45) is 7.13. The highest BCUT2D eigenvalue weighted by atomic mass is 16.4. The van der Waals surface area contributed by atoms with Gasteiger partial charge < -0.3 is 10.4 Å². The molecule has 2 N–H and O–H groups in total. The minimum atomic E-state index is -1.20. The van der Waals surface area contributed by atoms with Crippen molar-refractivity contribution in [2.24, 2.45) is 0 Å². The van der Waals surface area contributed by atoms with Crippen LogP contribution in [0, 0.1) is 12.3 Å². The molecular formula is C12H12N2O3. The number of aromatic carboxylic acids is 1. The Balaban J connectivity index is 2.97. The first kappa shape index (κ1) is 12.7. The lowest BCUT2D eigenvalue weighted by Crippen LogP contribution is -2.34. The number of hydrogen-bond donors (Lipinski definition) is 2. The van der Waals surface area contributed by atoms with Crippen molar-refractivity contribution in [3.8, 4) is 12.3 Å². The molecule has 0 radical (unpaired) electrons. The highest BCUT2D eigenvalue weighted by Crippen LogP contribution is 2.05. The molecule has 0 bridgehead atoms. The molecule has 0 fully saturated rings. The maximum Gasteiger partial charge on any atom is 0.338 e. The number of carboxylic acids is 1. The Labute approximate surface area is 98.9 Å². The van der Waals surface area contributed by atoms with Crippen LogP contribution in [0.25, 0.3) is 0 Å². The van der Waals surface area contributed by atoms with E-state index in [1.807, 2.05) is 6.92 Å². The van der Waals surface area contributed by atoms with Crippen LogP contribution in [0.3, 0.4) is 0 Å². The summed E-state index contributed by atoms with van der Waals surface area (Å²) in [7, 11) is 0. The van der Waals surface area contributed by atoms with Crippen molar-refractivity contribution in [3.05, 3.63) is 29.6 Å².